The van der Waals surface area contributed by atoms with E-state index in [1.54, 1.807) is 13.8 Å². The first-order chi connectivity index (χ1) is 12.4. The number of aromatic amines is 1. The summed E-state index contributed by atoms with van der Waals surface area (Å²) >= 11 is 0. The van der Waals surface area contributed by atoms with Gasteiger partial charge >= 0.3 is 0 Å². The van der Waals surface area contributed by atoms with E-state index in [1.807, 2.05) is 0 Å². The molecule has 0 aliphatic rings. The Kier molecular flexibility index (Phi) is 6.80. The van der Waals surface area contributed by atoms with E-state index >= 15 is 0 Å². The number of amides is 1. The molecule has 2 rings (SSSR count). The molecule has 11 heteroatoms. The summed E-state index contributed by atoms with van der Waals surface area (Å²) in [7, 11) is 1.39. The lowest BCUT2D eigenvalue weighted by molar-refractivity contribution is -0.118. The predicted molar refractivity (Wildman–Crippen MR) is 91.6 cm³/mol. The minimum absolute atomic E-state index is 0.0235. The average molecular weight is 369 g/mol. The van der Waals surface area contributed by atoms with Gasteiger partial charge in [-0.15, -0.1) is 0 Å². The Bertz CT molecular complexity index is 797. The van der Waals surface area contributed by atoms with Crippen LogP contribution in [0.1, 0.15) is 20.1 Å². The summed E-state index contributed by atoms with van der Waals surface area (Å²) in [6.45, 7) is 2.78. The molecule has 4 N–H and O–H groups in total. The van der Waals surface area contributed by atoms with Crippen molar-refractivity contribution in [2.45, 2.75) is 26.2 Å². The van der Waals surface area contributed by atoms with E-state index in [2.05, 4.69) is 20.3 Å². The molecule has 0 spiro atoms. The van der Waals surface area contributed by atoms with Crippen LogP contribution in [0.25, 0.3) is 11.2 Å². The molecule has 0 bridgehead atoms. The first-order valence-electron chi connectivity index (χ1n) is 8.06. The number of aliphatic hydroxyl groups is 2. The number of fused-ring (bicyclic) bond motifs is 1. The number of nitrogens with one attached hydrogen (secondary N) is 2. The summed E-state index contributed by atoms with van der Waals surface area (Å²) in [5, 5.41) is 21.1. The molecule has 0 saturated heterocycles. The fourth-order valence-corrected chi connectivity index (χ4v) is 2.25. The maximum atomic E-state index is 12.2. The van der Waals surface area contributed by atoms with Gasteiger partial charge in [-0.3, -0.25) is 24.5 Å². The summed E-state index contributed by atoms with van der Waals surface area (Å²) in [5.74, 6) is -0.632. The second-order valence-electron chi connectivity index (χ2n) is 5.82. The first-order valence-corrected chi connectivity index (χ1v) is 8.06. The SMILES string of the molecule is CO[C@H](CO)[C@@H](OCCO)n1cnc2c(=O)[nH]c(NC(=O)C(C)C)nc21. The van der Waals surface area contributed by atoms with Crippen molar-refractivity contribution in [3.8, 4) is 0 Å². The Balaban J connectivity index is 2.49. The van der Waals surface area contributed by atoms with Crippen LogP contribution in [0, 0.1) is 5.92 Å². The third-order valence-electron chi connectivity index (χ3n) is 3.65. The van der Waals surface area contributed by atoms with E-state index in [0.717, 1.165) is 0 Å². The van der Waals surface area contributed by atoms with E-state index < -0.39 is 17.9 Å². The van der Waals surface area contributed by atoms with Crippen molar-refractivity contribution in [3.63, 3.8) is 0 Å². The van der Waals surface area contributed by atoms with Crippen LogP contribution in [-0.2, 0) is 14.3 Å². The third-order valence-corrected chi connectivity index (χ3v) is 3.65. The molecule has 2 atom stereocenters. The minimum Gasteiger partial charge on any atom is -0.394 e. The number of carbonyl (C=O) groups excluding carboxylic acids is 1. The molecular formula is C15H23N5O6. The quantitative estimate of drug-likeness (QED) is 0.450. The molecule has 11 nitrogen and oxygen atoms in total. The summed E-state index contributed by atoms with van der Waals surface area (Å²) in [6, 6.07) is 0. The molecule has 144 valence electrons. The van der Waals surface area contributed by atoms with E-state index in [0.29, 0.717) is 0 Å². The first kappa shape index (κ1) is 20.0. The van der Waals surface area contributed by atoms with Gasteiger partial charge in [0, 0.05) is 13.0 Å². The number of nitrogens with zero attached hydrogens (tertiary/aromatic N) is 3. The van der Waals surface area contributed by atoms with Crippen LogP contribution in [0.2, 0.25) is 0 Å². The molecule has 1 amide bonds. The number of ether oxygens (including phenoxy) is 2. The smallest absolute Gasteiger partial charge is 0.280 e. The van der Waals surface area contributed by atoms with Crippen molar-refractivity contribution >= 4 is 23.0 Å². The molecule has 0 fully saturated rings. The fourth-order valence-electron chi connectivity index (χ4n) is 2.25. The second kappa shape index (κ2) is 8.85. The van der Waals surface area contributed by atoms with Crippen molar-refractivity contribution < 1.29 is 24.5 Å². The number of methoxy groups -OCH3 is 1. The van der Waals surface area contributed by atoms with E-state index in [-0.39, 0.29) is 48.8 Å². The van der Waals surface area contributed by atoms with Crippen LogP contribution in [0.15, 0.2) is 11.1 Å². The zero-order chi connectivity index (χ0) is 19.3. The van der Waals surface area contributed by atoms with Crippen LogP contribution in [0.5, 0.6) is 0 Å². The standard InChI is InChI=1S/C15H23N5O6/c1-8(2)12(23)18-15-17-11-10(13(24)19-15)16-7-20(11)14(26-5-4-21)9(6-22)25-3/h7-9,14,21-22H,4-6H2,1-3H3,(H2,17,18,19,23,24)/t9-,14-/m1/s1. The predicted octanol–water partition coefficient (Wildman–Crippen LogP) is -0.771. The van der Waals surface area contributed by atoms with E-state index in [1.165, 1.54) is 18.0 Å². The summed E-state index contributed by atoms with van der Waals surface area (Å²) < 4.78 is 12.1. The van der Waals surface area contributed by atoms with E-state index in [9.17, 15) is 14.7 Å². The molecule has 2 aromatic heterocycles. The van der Waals surface area contributed by atoms with Gasteiger partial charge in [0.25, 0.3) is 5.56 Å². The van der Waals surface area contributed by atoms with Crippen molar-refractivity contribution in [3.05, 3.63) is 16.7 Å². The highest BCUT2D eigenvalue weighted by Crippen LogP contribution is 2.21. The van der Waals surface area contributed by atoms with Gasteiger partial charge in [-0.2, -0.15) is 4.98 Å². The zero-order valence-electron chi connectivity index (χ0n) is 14.8. The van der Waals surface area contributed by atoms with Gasteiger partial charge in [-0.05, 0) is 0 Å². The van der Waals surface area contributed by atoms with Crippen LogP contribution < -0.4 is 10.9 Å². The topological polar surface area (TPSA) is 152 Å². The number of imidazole rings is 1. The van der Waals surface area contributed by atoms with E-state index in [4.69, 9.17) is 14.6 Å². The maximum Gasteiger partial charge on any atom is 0.280 e. The molecule has 0 saturated carbocycles. The van der Waals surface area contributed by atoms with Crippen molar-refractivity contribution in [1.82, 2.24) is 19.5 Å². The third kappa shape index (κ3) is 4.25. The molecule has 0 aromatic carbocycles. The van der Waals surface area contributed by atoms with Gasteiger partial charge in [0.2, 0.25) is 11.9 Å². The Morgan fingerprint density at radius 3 is 2.73 bits per heavy atom. The summed E-state index contributed by atoms with van der Waals surface area (Å²) in [6.07, 6.45) is -0.344. The number of rotatable bonds is 9. The molecule has 0 aliphatic heterocycles. The number of H-pyrrole nitrogens is 1. The molecule has 0 unspecified atom stereocenters. The second-order valence-corrected chi connectivity index (χ2v) is 5.82. The van der Waals surface area contributed by atoms with Crippen LogP contribution in [0.3, 0.4) is 0 Å². The highest BCUT2D eigenvalue weighted by atomic mass is 16.6. The molecule has 0 aliphatic carbocycles. The highest BCUT2D eigenvalue weighted by Gasteiger charge is 2.26. The Labute approximate surface area is 149 Å². The Morgan fingerprint density at radius 2 is 2.15 bits per heavy atom. The van der Waals surface area contributed by atoms with Crippen LogP contribution in [0.4, 0.5) is 5.95 Å². The molecule has 26 heavy (non-hydrogen) atoms. The largest absolute Gasteiger partial charge is 0.394 e. The normalized spacial score (nSPS) is 13.9. The number of aromatic nitrogens is 4. The maximum absolute atomic E-state index is 12.2. The van der Waals surface area contributed by atoms with Crippen molar-refractivity contribution in [1.29, 1.82) is 0 Å². The monoisotopic (exact) mass is 369 g/mol. The zero-order valence-corrected chi connectivity index (χ0v) is 14.8. The molecular weight excluding hydrogens is 346 g/mol. The number of aliphatic hydroxyl groups excluding tert-OH is 2. The number of carbonyl (C=O) groups is 1. The minimum atomic E-state index is -0.884. The lowest BCUT2D eigenvalue weighted by Gasteiger charge is -2.25. The highest BCUT2D eigenvalue weighted by molar-refractivity contribution is 5.91. The summed E-state index contributed by atoms with van der Waals surface area (Å²) in [4.78, 5) is 34.8. The van der Waals surface area contributed by atoms with Crippen molar-refractivity contribution in [2.24, 2.45) is 5.92 Å². The summed E-state index contributed by atoms with van der Waals surface area (Å²) in [5.41, 5.74) is -0.351. The lowest BCUT2D eigenvalue weighted by Crippen LogP contribution is -2.32. The Morgan fingerprint density at radius 1 is 1.42 bits per heavy atom. The number of anilines is 1. The van der Waals surface area contributed by atoms with Crippen LogP contribution >= 0.6 is 0 Å². The molecule has 2 aromatic rings. The van der Waals surface area contributed by atoms with Crippen LogP contribution in [-0.4, -0.2) is 68.7 Å². The molecule has 0 radical (unpaired) electrons. The van der Waals surface area contributed by atoms with Gasteiger partial charge < -0.3 is 19.7 Å². The van der Waals surface area contributed by atoms with Crippen molar-refractivity contribution in [2.75, 3.05) is 32.2 Å². The average Bonchev–Trinajstić information content (AvgIpc) is 3.02. The van der Waals surface area contributed by atoms with Gasteiger partial charge in [-0.25, -0.2) is 4.98 Å². The van der Waals surface area contributed by atoms with Gasteiger partial charge in [0.05, 0.1) is 26.1 Å². The number of hydrogen-bond donors (Lipinski definition) is 4. The number of hydrogen-bond acceptors (Lipinski definition) is 8. The van der Waals surface area contributed by atoms with Gasteiger partial charge in [0.15, 0.2) is 17.4 Å². The van der Waals surface area contributed by atoms with Gasteiger partial charge in [0.1, 0.15) is 6.10 Å². The van der Waals surface area contributed by atoms with Gasteiger partial charge in [-0.1, -0.05) is 13.8 Å². The molecule has 2 heterocycles. The Hall–Kier alpha value is -2.34. The lowest BCUT2D eigenvalue weighted by atomic mass is 10.2. The fraction of sp³-hybridized carbons (Fsp3) is 0.600.